The molecule has 0 saturated heterocycles. The number of nitrogens with two attached hydrogens (primary N) is 1. The summed E-state index contributed by atoms with van der Waals surface area (Å²) < 4.78 is 36.2. The SMILES string of the molecule is Cc1ccc(C(=O)NNC(=O)c2ccc(Cl)c(S(N)(=O)=O)c2)cc1F. The molecular formula is C15H13ClFN3O4S. The van der Waals surface area contributed by atoms with Gasteiger partial charge in [-0.3, -0.25) is 20.4 Å². The van der Waals surface area contributed by atoms with Crippen LogP contribution in [0.5, 0.6) is 0 Å². The highest BCUT2D eigenvalue weighted by atomic mass is 35.5. The number of sulfonamides is 1. The number of primary sulfonamides is 1. The van der Waals surface area contributed by atoms with Gasteiger partial charge in [-0.25, -0.2) is 17.9 Å². The molecule has 2 amide bonds. The highest BCUT2D eigenvalue weighted by molar-refractivity contribution is 7.89. The van der Waals surface area contributed by atoms with Gasteiger partial charge in [0.05, 0.1) is 5.02 Å². The first-order valence-corrected chi connectivity index (χ1v) is 8.71. The van der Waals surface area contributed by atoms with E-state index in [-0.39, 0.29) is 16.1 Å². The number of hydrazine groups is 1. The first-order valence-electron chi connectivity index (χ1n) is 6.79. The van der Waals surface area contributed by atoms with Crippen LogP contribution in [0.3, 0.4) is 0 Å². The van der Waals surface area contributed by atoms with Gasteiger partial charge in [0.1, 0.15) is 10.7 Å². The predicted molar refractivity (Wildman–Crippen MR) is 88.9 cm³/mol. The zero-order chi connectivity index (χ0) is 18.8. The third-order valence-electron chi connectivity index (χ3n) is 3.22. The largest absolute Gasteiger partial charge is 0.269 e. The van der Waals surface area contributed by atoms with Crippen molar-refractivity contribution >= 4 is 33.4 Å². The van der Waals surface area contributed by atoms with Gasteiger partial charge in [0.15, 0.2) is 0 Å². The number of halogens is 2. The first-order chi connectivity index (χ1) is 11.6. The van der Waals surface area contributed by atoms with E-state index in [2.05, 4.69) is 10.9 Å². The number of amides is 2. The van der Waals surface area contributed by atoms with Crippen LogP contribution in [0.2, 0.25) is 5.02 Å². The highest BCUT2D eigenvalue weighted by Gasteiger charge is 2.17. The molecule has 132 valence electrons. The fourth-order valence-corrected chi connectivity index (χ4v) is 2.93. The molecule has 0 spiro atoms. The van der Waals surface area contributed by atoms with E-state index >= 15 is 0 Å². The average molecular weight is 386 g/mol. The molecule has 0 aliphatic heterocycles. The van der Waals surface area contributed by atoms with Crippen molar-refractivity contribution in [1.82, 2.24) is 10.9 Å². The maximum Gasteiger partial charge on any atom is 0.269 e. The van der Waals surface area contributed by atoms with E-state index in [1.54, 1.807) is 6.92 Å². The summed E-state index contributed by atoms with van der Waals surface area (Å²) in [6.45, 7) is 1.54. The Bertz CT molecular complexity index is 963. The molecule has 10 heteroatoms. The molecule has 0 saturated carbocycles. The zero-order valence-electron chi connectivity index (χ0n) is 12.8. The fraction of sp³-hybridized carbons (Fsp3) is 0.0667. The van der Waals surface area contributed by atoms with E-state index in [9.17, 15) is 22.4 Å². The van der Waals surface area contributed by atoms with Crippen LogP contribution in [0.1, 0.15) is 26.3 Å². The second-order valence-electron chi connectivity index (χ2n) is 5.06. The quantitative estimate of drug-likeness (QED) is 0.694. The van der Waals surface area contributed by atoms with Gasteiger partial charge >= 0.3 is 0 Å². The van der Waals surface area contributed by atoms with E-state index < -0.39 is 32.6 Å². The Morgan fingerprint density at radius 3 is 2.08 bits per heavy atom. The third kappa shape index (κ3) is 4.53. The molecule has 0 heterocycles. The molecule has 0 radical (unpaired) electrons. The standard InChI is InChI=1S/C15H13ClFN3O4S/c1-8-2-3-9(6-12(8)17)14(21)19-20-15(22)10-4-5-11(16)13(7-10)25(18,23)24/h2-7H,1H3,(H,19,21)(H,20,22)(H2,18,23,24). The van der Waals surface area contributed by atoms with Crippen LogP contribution in [0.15, 0.2) is 41.3 Å². The summed E-state index contributed by atoms with van der Waals surface area (Å²) >= 11 is 5.72. The average Bonchev–Trinajstić information content (AvgIpc) is 2.54. The van der Waals surface area contributed by atoms with Gasteiger partial charge in [-0.2, -0.15) is 0 Å². The van der Waals surface area contributed by atoms with Crippen molar-refractivity contribution in [3.8, 4) is 0 Å². The molecule has 0 bridgehead atoms. The van der Waals surface area contributed by atoms with Crippen molar-refractivity contribution in [3.05, 3.63) is 63.9 Å². The number of benzene rings is 2. The van der Waals surface area contributed by atoms with E-state index in [1.165, 1.54) is 24.3 Å². The molecule has 0 fully saturated rings. The molecule has 4 N–H and O–H groups in total. The molecule has 7 nitrogen and oxygen atoms in total. The Hall–Kier alpha value is -2.49. The number of aryl methyl sites for hydroxylation is 1. The van der Waals surface area contributed by atoms with Crippen molar-refractivity contribution < 1.29 is 22.4 Å². The van der Waals surface area contributed by atoms with Gasteiger partial charge < -0.3 is 0 Å². The lowest BCUT2D eigenvalue weighted by molar-refractivity contribution is 0.0846. The van der Waals surface area contributed by atoms with Crippen LogP contribution >= 0.6 is 11.6 Å². The fourth-order valence-electron chi connectivity index (χ4n) is 1.85. The monoisotopic (exact) mass is 385 g/mol. The van der Waals surface area contributed by atoms with E-state index in [0.717, 1.165) is 12.1 Å². The van der Waals surface area contributed by atoms with Crippen molar-refractivity contribution in [3.63, 3.8) is 0 Å². The molecule has 0 aliphatic rings. The number of carbonyl (C=O) groups is 2. The molecule has 2 rings (SSSR count). The molecule has 25 heavy (non-hydrogen) atoms. The maximum atomic E-state index is 13.4. The molecule has 0 aromatic heterocycles. The maximum absolute atomic E-state index is 13.4. The van der Waals surface area contributed by atoms with Gasteiger partial charge in [0, 0.05) is 11.1 Å². The minimum absolute atomic E-state index is 0.00438. The summed E-state index contributed by atoms with van der Waals surface area (Å²) in [5.74, 6) is -2.11. The minimum Gasteiger partial charge on any atom is -0.267 e. The van der Waals surface area contributed by atoms with Gasteiger partial charge in [-0.1, -0.05) is 17.7 Å². The molecule has 2 aromatic carbocycles. The highest BCUT2D eigenvalue weighted by Crippen LogP contribution is 2.21. The van der Waals surface area contributed by atoms with Gasteiger partial charge in [-0.15, -0.1) is 0 Å². The van der Waals surface area contributed by atoms with Crippen LogP contribution in [0.25, 0.3) is 0 Å². The Kier molecular flexibility index (Phi) is 5.41. The molecule has 0 atom stereocenters. The van der Waals surface area contributed by atoms with Crippen molar-refractivity contribution in [1.29, 1.82) is 0 Å². The lowest BCUT2D eigenvalue weighted by Gasteiger charge is -2.09. The summed E-state index contributed by atoms with van der Waals surface area (Å²) in [6.07, 6.45) is 0. The van der Waals surface area contributed by atoms with E-state index in [4.69, 9.17) is 16.7 Å². The molecule has 2 aromatic rings. The second-order valence-corrected chi connectivity index (χ2v) is 7.00. The number of rotatable bonds is 3. The summed E-state index contributed by atoms with van der Waals surface area (Å²) in [5.41, 5.74) is 4.47. The third-order valence-corrected chi connectivity index (χ3v) is 4.62. The summed E-state index contributed by atoms with van der Waals surface area (Å²) in [6, 6.07) is 7.26. The van der Waals surface area contributed by atoms with Crippen molar-refractivity contribution in [2.45, 2.75) is 11.8 Å². The summed E-state index contributed by atoms with van der Waals surface area (Å²) in [5, 5.41) is 4.86. The summed E-state index contributed by atoms with van der Waals surface area (Å²) in [7, 11) is -4.11. The van der Waals surface area contributed by atoms with Gasteiger partial charge in [-0.05, 0) is 42.8 Å². The first kappa shape index (κ1) is 18.8. The molecule has 0 unspecified atom stereocenters. The normalized spacial score (nSPS) is 11.0. The predicted octanol–water partition coefficient (Wildman–Crippen LogP) is 1.51. The lowest BCUT2D eigenvalue weighted by atomic mass is 10.1. The van der Waals surface area contributed by atoms with E-state index in [1.807, 2.05) is 0 Å². The van der Waals surface area contributed by atoms with E-state index in [0.29, 0.717) is 5.56 Å². The zero-order valence-corrected chi connectivity index (χ0v) is 14.4. The van der Waals surface area contributed by atoms with Crippen LogP contribution in [0.4, 0.5) is 4.39 Å². The number of hydrogen-bond donors (Lipinski definition) is 3. The van der Waals surface area contributed by atoms with Gasteiger partial charge in [0.25, 0.3) is 11.8 Å². The van der Waals surface area contributed by atoms with Crippen LogP contribution in [0, 0.1) is 12.7 Å². The van der Waals surface area contributed by atoms with Gasteiger partial charge in [0.2, 0.25) is 10.0 Å². The number of nitrogens with one attached hydrogen (secondary N) is 2. The smallest absolute Gasteiger partial charge is 0.267 e. The molecular weight excluding hydrogens is 373 g/mol. The van der Waals surface area contributed by atoms with Crippen molar-refractivity contribution in [2.24, 2.45) is 5.14 Å². The Balaban J connectivity index is 2.12. The Morgan fingerprint density at radius 1 is 1.04 bits per heavy atom. The Morgan fingerprint density at radius 2 is 1.56 bits per heavy atom. The van der Waals surface area contributed by atoms with Crippen molar-refractivity contribution in [2.75, 3.05) is 0 Å². The number of carbonyl (C=O) groups excluding carboxylic acids is 2. The summed E-state index contributed by atoms with van der Waals surface area (Å²) in [4.78, 5) is 23.5. The molecule has 0 aliphatic carbocycles. The van der Waals surface area contributed by atoms with Crippen LogP contribution in [-0.4, -0.2) is 20.2 Å². The lowest BCUT2D eigenvalue weighted by Crippen LogP contribution is -2.41. The minimum atomic E-state index is -4.11. The second kappa shape index (κ2) is 7.18. The number of hydrogen-bond acceptors (Lipinski definition) is 4. The topological polar surface area (TPSA) is 118 Å². The van der Waals surface area contributed by atoms with Crippen LogP contribution in [-0.2, 0) is 10.0 Å². The Labute approximate surface area is 148 Å². The van der Waals surface area contributed by atoms with Crippen LogP contribution < -0.4 is 16.0 Å².